The first kappa shape index (κ1) is 21.4. The standard InChI is InChI=1S/C23H14ClN3O4S/c24-16-11-12-18(27(30)31)17(13-16)22(29)26-23-25-19(14-7-3-1-4-8-14)21(32-23)20(28)15-9-5-2-6-10-15/h1-13H,(H,25,26,29). The molecule has 0 spiro atoms. The number of rotatable bonds is 6. The van der Waals surface area contributed by atoms with E-state index in [2.05, 4.69) is 10.3 Å². The molecule has 1 heterocycles. The van der Waals surface area contributed by atoms with E-state index in [1.165, 1.54) is 18.2 Å². The number of nitrogens with one attached hydrogen (secondary N) is 1. The summed E-state index contributed by atoms with van der Waals surface area (Å²) in [5.74, 6) is -0.984. The largest absolute Gasteiger partial charge is 0.298 e. The van der Waals surface area contributed by atoms with E-state index < -0.39 is 10.8 Å². The highest BCUT2D eigenvalue weighted by Gasteiger charge is 2.25. The molecule has 1 amide bonds. The van der Waals surface area contributed by atoms with Crippen LogP contribution in [0.4, 0.5) is 10.8 Å². The van der Waals surface area contributed by atoms with Gasteiger partial charge in [-0.2, -0.15) is 0 Å². The van der Waals surface area contributed by atoms with Crippen molar-refractivity contribution in [2.75, 3.05) is 5.32 Å². The van der Waals surface area contributed by atoms with E-state index in [1.807, 2.05) is 36.4 Å². The van der Waals surface area contributed by atoms with Crippen LogP contribution >= 0.6 is 22.9 Å². The number of nitro benzene ring substituents is 1. The Hall–Kier alpha value is -3.88. The maximum absolute atomic E-state index is 13.1. The van der Waals surface area contributed by atoms with E-state index >= 15 is 0 Å². The minimum atomic E-state index is -0.744. The average molecular weight is 464 g/mol. The van der Waals surface area contributed by atoms with Gasteiger partial charge >= 0.3 is 0 Å². The van der Waals surface area contributed by atoms with E-state index in [-0.39, 0.29) is 27.2 Å². The third kappa shape index (κ3) is 4.41. The Morgan fingerprint density at radius 1 is 0.969 bits per heavy atom. The van der Waals surface area contributed by atoms with Crippen molar-refractivity contribution in [1.29, 1.82) is 0 Å². The van der Waals surface area contributed by atoms with Crippen LogP contribution in [0.2, 0.25) is 5.02 Å². The number of carbonyl (C=O) groups is 2. The summed E-state index contributed by atoms with van der Waals surface area (Å²) >= 11 is 6.93. The van der Waals surface area contributed by atoms with Crippen LogP contribution in [0.5, 0.6) is 0 Å². The molecular formula is C23H14ClN3O4S. The number of anilines is 1. The predicted molar refractivity (Wildman–Crippen MR) is 123 cm³/mol. The monoisotopic (exact) mass is 463 g/mol. The Morgan fingerprint density at radius 2 is 1.62 bits per heavy atom. The van der Waals surface area contributed by atoms with Crippen molar-refractivity contribution in [3.63, 3.8) is 0 Å². The third-order valence-corrected chi connectivity index (χ3v) is 5.74. The Labute approximate surface area is 191 Å². The van der Waals surface area contributed by atoms with Gasteiger partial charge in [-0.3, -0.25) is 25.0 Å². The summed E-state index contributed by atoms with van der Waals surface area (Å²) in [7, 11) is 0. The van der Waals surface area contributed by atoms with E-state index in [0.717, 1.165) is 11.3 Å². The highest BCUT2D eigenvalue weighted by molar-refractivity contribution is 7.18. The van der Waals surface area contributed by atoms with Gasteiger partial charge in [0.05, 0.1) is 10.6 Å². The second kappa shape index (κ2) is 9.09. The number of ketones is 1. The topological polar surface area (TPSA) is 102 Å². The number of hydrogen-bond acceptors (Lipinski definition) is 6. The molecule has 0 aliphatic rings. The van der Waals surface area contributed by atoms with Gasteiger partial charge in [0, 0.05) is 22.2 Å². The first-order valence-corrected chi connectivity index (χ1v) is 10.5. The molecule has 0 unspecified atom stereocenters. The minimum Gasteiger partial charge on any atom is -0.298 e. The van der Waals surface area contributed by atoms with Crippen molar-refractivity contribution >= 4 is 45.4 Å². The second-order valence-electron chi connectivity index (χ2n) is 6.63. The summed E-state index contributed by atoms with van der Waals surface area (Å²) in [5, 5.41) is 14.2. The van der Waals surface area contributed by atoms with Crippen LogP contribution in [-0.2, 0) is 0 Å². The van der Waals surface area contributed by atoms with Gasteiger partial charge in [0.25, 0.3) is 11.6 Å². The first-order valence-electron chi connectivity index (χ1n) is 9.35. The van der Waals surface area contributed by atoms with Gasteiger partial charge in [-0.25, -0.2) is 4.98 Å². The van der Waals surface area contributed by atoms with Crippen molar-refractivity contribution < 1.29 is 14.5 Å². The van der Waals surface area contributed by atoms with E-state index in [0.29, 0.717) is 21.7 Å². The van der Waals surface area contributed by atoms with Crippen LogP contribution in [0.25, 0.3) is 11.3 Å². The zero-order valence-corrected chi connectivity index (χ0v) is 17.9. The molecule has 3 aromatic carbocycles. The molecule has 4 aromatic rings. The molecule has 158 valence electrons. The number of nitrogens with zero attached hydrogens (tertiary/aromatic N) is 2. The third-order valence-electron chi connectivity index (χ3n) is 4.54. The number of thiazole rings is 1. The number of aromatic nitrogens is 1. The highest BCUT2D eigenvalue weighted by Crippen LogP contribution is 2.34. The van der Waals surface area contributed by atoms with Gasteiger partial charge < -0.3 is 0 Å². The molecule has 0 atom stereocenters. The van der Waals surface area contributed by atoms with Gasteiger partial charge in [0.2, 0.25) is 5.78 Å². The fourth-order valence-corrected chi connectivity index (χ4v) is 4.17. The minimum absolute atomic E-state index is 0.141. The van der Waals surface area contributed by atoms with E-state index in [1.54, 1.807) is 24.3 Å². The van der Waals surface area contributed by atoms with Crippen molar-refractivity contribution in [3.05, 3.63) is 110 Å². The molecule has 0 radical (unpaired) electrons. The zero-order valence-electron chi connectivity index (χ0n) is 16.3. The number of nitro groups is 1. The maximum atomic E-state index is 13.1. The number of hydrogen-bond donors (Lipinski definition) is 1. The predicted octanol–water partition coefficient (Wildman–Crippen LogP) is 5.86. The SMILES string of the molecule is O=C(Nc1nc(-c2ccccc2)c(C(=O)c2ccccc2)s1)c1cc(Cl)ccc1[N+](=O)[O-]. The Balaban J connectivity index is 1.74. The van der Waals surface area contributed by atoms with Crippen molar-refractivity contribution in [2.24, 2.45) is 0 Å². The fourth-order valence-electron chi connectivity index (χ4n) is 3.05. The van der Waals surface area contributed by atoms with Crippen molar-refractivity contribution in [1.82, 2.24) is 4.98 Å². The lowest BCUT2D eigenvalue weighted by Crippen LogP contribution is -2.13. The van der Waals surface area contributed by atoms with Crippen molar-refractivity contribution in [3.8, 4) is 11.3 Å². The molecule has 4 rings (SSSR count). The zero-order chi connectivity index (χ0) is 22.7. The lowest BCUT2D eigenvalue weighted by Gasteiger charge is -2.03. The molecule has 9 heteroatoms. The normalized spacial score (nSPS) is 10.5. The summed E-state index contributed by atoms with van der Waals surface area (Å²) in [5.41, 5.74) is 1.02. The van der Waals surface area contributed by atoms with E-state index in [9.17, 15) is 19.7 Å². The molecule has 7 nitrogen and oxygen atoms in total. The van der Waals surface area contributed by atoms with Crippen LogP contribution < -0.4 is 5.32 Å². The smallest absolute Gasteiger partial charge is 0.282 e. The molecule has 0 aliphatic heterocycles. The van der Waals surface area contributed by atoms with Gasteiger partial charge in [0.15, 0.2) is 5.13 Å². The summed E-state index contributed by atoms with van der Waals surface area (Å²) < 4.78 is 0. The molecule has 0 bridgehead atoms. The van der Waals surface area contributed by atoms with Crippen LogP contribution in [0.15, 0.2) is 78.9 Å². The van der Waals surface area contributed by atoms with Crippen LogP contribution in [-0.4, -0.2) is 21.6 Å². The summed E-state index contributed by atoms with van der Waals surface area (Å²) in [6, 6.07) is 21.6. The van der Waals surface area contributed by atoms with Crippen LogP contribution in [0.1, 0.15) is 25.6 Å². The highest BCUT2D eigenvalue weighted by atomic mass is 35.5. The molecule has 32 heavy (non-hydrogen) atoms. The number of carbonyl (C=O) groups excluding carboxylic acids is 2. The molecule has 0 saturated heterocycles. The Kier molecular flexibility index (Phi) is 6.07. The summed E-state index contributed by atoms with van der Waals surface area (Å²) in [6.45, 7) is 0. The first-order chi connectivity index (χ1) is 15.4. The van der Waals surface area contributed by atoms with Crippen molar-refractivity contribution in [2.45, 2.75) is 0 Å². The van der Waals surface area contributed by atoms with Gasteiger partial charge in [-0.05, 0) is 12.1 Å². The average Bonchev–Trinajstić information content (AvgIpc) is 3.23. The molecule has 0 aliphatic carbocycles. The van der Waals surface area contributed by atoms with Crippen LogP contribution in [0.3, 0.4) is 0 Å². The summed E-state index contributed by atoms with van der Waals surface area (Å²) in [4.78, 5) is 41.4. The lowest BCUT2D eigenvalue weighted by atomic mass is 10.1. The Morgan fingerprint density at radius 3 is 2.28 bits per heavy atom. The van der Waals surface area contributed by atoms with Gasteiger partial charge in [-0.15, -0.1) is 0 Å². The molecule has 0 saturated carbocycles. The van der Waals surface area contributed by atoms with E-state index in [4.69, 9.17) is 11.6 Å². The lowest BCUT2D eigenvalue weighted by molar-refractivity contribution is -0.385. The molecule has 1 aromatic heterocycles. The van der Waals surface area contributed by atoms with Crippen LogP contribution in [0, 0.1) is 10.1 Å². The second-order valence-corrected chi connectivity index (χ2v) is 8.07. The number of amides is 1. The fraction of sp³-hybridized carbons (Fsp3) is 0. The molecule has 0 fully saturated rings. The molecule has 1 N–H and O–H groups in total. The summed E-state index contributed by atoms with van der Waals surface area (Å²) in [6.07, 6.45) is 0. The maximum Gasteiger partial charge on any atom is 0.282 e. The Bertz CT molecular complexity index is 1320. The van der Waals surface area contributed by atoms with Gasteiger partial charge in [-0.1, -0.05) is 83.6 Å². The molecular weight excluding hydrogens is 450 g/mol. The van der Waals surface area contributed by atoms with Gasteiger partial charge in [0.1, 0.15) is 10.4 Å². The quantitative estimate of drug-likeness (QED) is 0.219. The number of benzene rings is 3. The number of halogens is 1.